The first-order valence-corrected chi connectivity index (χ1v) is 13.1. The molecule has 2 aliphatic heterocycles. The molecule has 0 bridgehead atoms. The van der Waals surface area contributed by atoms with Crippen LogP contribution in [0.1, 0.15) is 29.7 Å². The van der Waals surface area contributed by atoms with E-state index in [1.165, 1.54) is 29.7 Å². The standard InChI is InChI=1S/C27H34N4O2S/c1-32-26-9-5-7-23(17-26)19-31(18-22-6-4-8-25(16-22)30-10-2-3-11-30)27-28-24(21-34-27)20-29-12-14-33-15-13-29/h4-9,16-17,21H,2-3,10-15,18-20H2,1H3. The van der Waals surface area contributed by atoms with Crippen molar-refractivity contribution in [3.05, 3.63) is 70.7 Å². The van der Waals surface area contributed by atoms with Gasteiger partial charge in [0, 0.05) is 56.9 Å². The number of methoxy groups -OCH3 is 1. The quantitative estimate of drug-likeness (QED) is 0.440. The lowest BCUT2D eigenvalue weighted by molar-refractivity contribution is 0.0337. The first-order chi connectivity index (χ1) is 16.8. The van der Waals surface area contributed by atoms with Gasteiger partial charge in [0.1, 0.15) is 5.75 Å². The van der Waals surface area contributed by atoms with Gasteiger partial charge < -0.3 is 19.3 Å². The van der Waals surface area contributed by atoms with Crippen LogP contribution in [-0.4, -0.2) is 56.4 Å². The zero-order valence-electron chi connectivity index (χ0n) is 20.0. The molecule has 3 aromatic rings. The van der Waals surface area contributed by atoms with E-state index in [0.717, 1.165) is 75.6 Å². The number of rotatable bonds is 9. The van der Waals surface area contributed by atoms with Crippen molar-refractivity contribution in [1.82, 2.24) is 9.88 Å². The summed E-state index contributed by atoms with van der Waals surface area (Å²) in [6.45, 7) is 8.39. The number of aromatic nitrogens is 1. The fraction of sp³-hybridized carbons (Fsp3) is 0.444. The van der Waals surface area contributed by atoms with Crippen LogP contribution in [0.25, 0.3) is 0 Å². The maximum atomic E-state index is 5.50. The van der Waals surface area contributed by atoms with Crippen LogP contribution >= 0.6 is 11.3 Å². The molecule has 3 heterocycles. The monoisotopic (exact) mass is 478 g/mol. The van der Waals surface area contributed by atoms with Gasteiger partial charge in [0.05, 0.1) is 26.0 Å². The number of ether oxygens (including phenoxy) is 2. The van der Waals surface area contributed by atoms with Crippen molar-refractivity contribution in [3.63, 3.8) is 0 Å². The summed E-state index contributed by atoms with van der Waals surface area (Å²) in [6.07, 6.45) is 2.58. The van der Waals surface area contributed by atoms with E-state index in [4.69, 9.17) is 14.5 Å². The van der Waals surface area contributed by atoms with Crippen LogP contribution in [0.5, 0.6) is 5.75 Å². The number of nitrogens with zero attached hydrogens (tertiary/aromatic N) is 4. The van der Waals surface area contributed by atoms with Crippen molar-refractivity contribution < 1.29 is 9.47 Å². The summed E-state index contributed by atoms with van der Waals surface area (Å²) in [4.78, 5) is 12.4. The minimum absolute atomic E-state index is 0.787. The maximum Gasteiger partial charge on any atom is 0.186 e. The fourth-order valence-electron chi connectivity index (χ4n) is 4.73. The van der Waals surface area contributed by atoms with Crippen LogP contribution < -0.4 is 14.5 Å². The highest BCUT2D eigenvalue weighted by molar-refractivity contribution is 7.13. The van der Waals surface area contributed by atoms with Crippen LogP contribution in [0.15, 0.2) is 53.9 Å². The lowest BCUT2D eigenvalue weighted by Crippen LogP contribution is -2.35. The highest BCUT2D eigenvalue weighted by Crippen LogP contribution is 2.28. The molecule has 5 rings (SSSR count). The average Bonchev–Trinajstić information content (AvgIpc) is 3.58. The Balaban J connectivity index is 1.36. The van der Waals surface area contributed by atoms with Crippen molar-refractivity contribution in [2.75, 3.05) is 56.3 Å². The molecule has 2 fully saturated rings. The molecule has 1 aromatic heterocycles. The summed E-state index contributed by atoms with van der Waals surface area (Å²) in [5.41, 5.74) is 5.02. The predicted octanol–water partition coefficient (Wildman–Crippen LogP) is 4.79. The van der Waals surface area contributed by atoms with Crippen molar-refractivity contribution >= 4 is 22.2 Å². The molecule has 2 aliphatic rings. The van der Waals surface area contributed by atoms with Gasteiger partial charge in [0.25, 0.3) is 0 Å². The third kappa shape index (κ3) is 5.90. The Morgan fingerprint density at radius 1 is 0.971 bits per heavy atom. The molecule has 34 heavy (non-hydrogen) atoms. The van der Waals surface area contributed by atoms with Gasteiger partial charge in [0.15, 0.2) is 5.13 Å². The first-order valence-electron chi connectivity index (χ1n) is 12.2. The third-order valence-corrected chi connectivity index (χ3v) is 7.51. The molecule has 0 N–H and O–H groups in total. The Kier molecular flexibility index (Phi) is 7.63. The van der Waals surface area contributed by atoms with Gasteiger partial charge in [-0.15, -0.1) is 11.3 Å². The summed E-state index contributed by atoms with van der Waals surface area (Å²) in [7, 11) is 1.72. The molecule has 0 saturated carbocycles. The largest absolute Gasteiger partial charge is 0.497 e. The lowest BCUT2D eigenvalue weighted by Gasteiger charge is -2.26. The summed E-state index contributed by atoms with van der Waals surface area (Å²) in [6, 6.07) is 17.4. The third-order valence-electron chi connectivity index (χ3n) is 6.56. The smallest absolute Gasteiger partial charge is 0.186 e. The van der Waals surface area contributed by atoms with E-state index in [9.17, 15) is 0 Å². The highest BCUT2D eigenvalue weighted by atomic mass is 32.1. The van der Waals surface area contributed by atoms with Gasteiger partial charge in [-0.2, -0.15) is 0 Å². The second kappa shape index (κ2) is 11.2. The minimum Gasteiger partial charge on any atom is -0.497 e. The minimum atomic E-state index is 0.787. The van der Waals surface area contributed by atoms with E-state index in [-0.39, 0.29) is 0 Å². The van der Waals surface area contributed by atoms with Crippen LogP contribution in [0.4, 0.5) is 10.8 Å². The number of benzene rings is 2. The molecule has 6 nitrogen and oxygen atoms in total. The topological polar surface area (TPSA) is 41.1 Å². The molecular weight excluding hydrogens is 444 g/mol. The Morgan fingerprint density at radius 3 is 2.47 bits per heavy atom. The van der Waals surface area contributed by atoms with Gasteiger partial charge in [-0.05, 0) is 48.2 Å². The molecular formula is C27H34N4O2S. The summed E-state index contributed by atoms with van der Waals surface area (Å²) in [5, 5.41) is 3.28. The van der Waals surface area contributed by atoms with Crippen LogP contribution in [0.2, 0.25) is 0 Å². The van der Waals surface area contributed by atoms with E-state index in [0.29, 0.717) is 0 Å². The van der Waals surface area contributed by atoms with Crippen molar-refractivity contribution in [3.8, 4) is 5.75 Å². The highest BCUT2D eigenvalue weighted by Gasteiger charge is 2.18. The number of morpholine rings is 1. The Morgan fingerprint density at radius 2 is 1.71 bits per heavy atom. The van der Waals surface area contributed by atoms with Gasteiger partial charge in [-0.25, -0.2) is 4.98 Å². The Bertz CT molecular complexity index is 1060. The van der Waals surface area contributed by atoms with Crippen molar-refractivity contribution in [1.29, 1.82) is 0 Å². The lowest BCUT2D eigenvalue weighted by atomic mass is 10.1. The predicted molar refractivity (Wildman–Crippen MR) is 139 cm³/mol. The molecule has 0 spiro atoms. The van der Waals surface area contributed by atoms with Gasteiger partial charge in [-0.1, -0.05) is 24.3 Å². The Labute approximate surface area is 206 Å². The van der Waals surface area contributed by atoms with Crippen LogP contribution in [0.3, 0.4) is 0 Å². The summed E-state index contributed by atoms with van der Waals surface area (Å²) < 4.78 is 11.0. The van der Waals surface area contributed by atoms with Crippen molar-refractivity contribution in [2.24, 2.45) is 0 Å². The molecule has 0 amide bonds. The van der Waals surface area contributed by atoms with E-state index in [2.05, 4.69) is 62.5 Å². The van der Waals surface area contributed by atoms with Gasteiger partial charge >= 0.3 is 0 Å². The number of hydrogen-bond donors (Lipinski definition) is 0. The molecule has 180 valence electrons. The zero-order valence-corrected chi connectivity index (χ0v) is 20.8. The molecule has 0 aliphatic carbocycles. The van der Waals surface area contributed by atoms with Gasteiger partial charge in [-0.3, -0.25) is 4.90 Å². The fourth-order valence-corrected chi connectivity index (χ4v) is 5.55. The van der Waals surface area contributed by atoms with E-state index >= 15 is 0 Å². The zero-order chi connectivity index (χ0) is 23.2. The molecule has 0 radical (unpaired) electrons. The summed E-state index contributed by atoms with van der Waals surface area (Å²) >= 11 is 1.74. The van der Waals surface area contributed by atoms with Crippen LogP contribution in [0, 0.1) is 0 Å². The molecule has 0 unspecified atom stereocenters. The number of hydrogen-bond acceptors (Lipinski definition) is 7. The molecule has 2 saturated heterocycles. The second-order valence-electron chi connectivity index (χ2n) is 9.08. The normalized spacial score (nSPS) is 16.7. The molecule has 0 atom stereocenters. The first kappa shape index (κ1) is 23.1. The second-order valence-corrected chi connectivity index (χ2v) is 9.92. The van der Waals surface area contributed by atoms with Gasteiger partial charge in [0.2, 0.25) is 0 Å². The van der Waals surface area contributed by atoms with Crippen molar-refractivity contribution in [2.45, 2.75) is 32.5 Å². The number of thiazole rings is 1. The summed E-state index contributed by atoms with van der Waals surface area (Å²) in [5.74, 6) is 0.889. The van der Waals surface area contributed by atoms with E-state index in [1.807, 2.05) is 6.07 Å². The SMILES string of the molecule is COc1cccc(CN(Cc2cccc(N3CCCC3)c2)c2nc(CN3CCOCC3)cs2)c1. The van der Waals surface area contributed by atoms with E-state index < -0.39 is 0 Å². The molecule has 7 heteroatoms. The average molecular weight is 479 g/mol. The number of anilines is 2. The maximum absolute atomic E-state index is 5.50. The van der Waals surface area contributed by atoms with Crippen LogP contribution in [-0.2, 0) is 24.4 Å². The molecule has 2 aromatic carbocycles. The Hall–Kier alpha value is -2.61. The van der Waals surface area contributed by atoms with E-state index in [1.54, 1.807) is 18.4 Å².